The van der Waals surface area contributed by atoms with E-state index in [-0.39, 0.29) is 5.97 Å². The predicted octanol–water partition coefficient (Wildman–Crippen LogP) is 2.32. The number of carbonyl (C=O) groups is 1. The number of unbranched alkanes of at least 4 members (excludes halogenated alkanes) is 2. The summed E-state index contributed by atoms with van der Waals surface area (Å²) in [6, 6.07) is 5.25. The molecule has 5 nitrogen and oxygen atoms in total. The zero-order valence-electron chi connectivity index (χ0n) is 12.8. The van der Waals surface area contributed by atoms with Gasteiger partial charge in [-0.3, -0.25) is 4.79 Å². The topological polar surface area (TPSA) is 72.5 Å². The molecule has 118 valence electrons. The number of carbonyl (C=O) groups excluding carboxylic acids is 1. The van der Waals surface area contributed by atoms with Crippen molar-refractivity contribution >= 4 is 16.0 Å². The van der Waals surface area contributed by atoms with Gasteiger partial charge in [0.1, 0.15) is 0 Å². The van der Waals surface area contributed by atoms with E-state index in [0.717, 1.165) is 17.5 Å². The molecule has 21 heavy (non-hydrogen) atoms. The number of esters is 1. The molecule has 0 aliphatic carbocycles. The minimum absolute atomic E-state index is 0.231. The van der Waals surface area contributed by atoms with Crippen molar-refractivity contribution in [2.24, 2.45) is 0 Å². The highest BCUT2D eigenvalue weighted by Gasteiger charge is 2.13. The summed E-state index contributed by atoms with van der Waals surface area (Å²) in [7, 11) is -2.09. The Bertz CT molecular complexity index is 561. The van der Waals surface area contributed by atoms with Crippen molar-refractivity contribution < 1.29 is 17.9 Å². The van der Waals surface area contributed by atoms with Crippen LogP contribution in [0.15, 0.2) is 23.1 Å². The van der Waals surface area contributed by atoms with Crippen LogP contribution >= 0.6 is 0 Å². The number of methoxy groups -OCH3 is 1. The van der Waals surface area contributed by atoms with Crippen LogP contribution in [0.3, 0.4) is 0 Å². The fraction of sp³-hybridized carbons (Fsp3) is 0.533. The van der Waals surface area contributed by atoms with Crippen molar-refractivity contribution in [1.82, 2.24) is 4.72 Å². The smallest absolute Gasteiger partial charge is 0.305 e. The van der Waals surface area contributed by atoms with E-state index < -0.39 is 10.0 Å². The molecule has 0 spiro atoms. The number of aryl methyl sites for hydroxylation is 2. The lowest BCUT2D eigenvalue weighted by Gasteiger charge is -2.08. The van der Waals surface area contributed by atoms with Gasteiger partial charge in [-0.1, -0.05) is 12.5 Å². The summed E-state index contributed by atoms with van der Waals surface area (Å²) in [6.45, 7) is 4.12. The molecule has 1 N–H and O–H groups in total. The Morgan fingerprint density at radius 1 is 1.10 bits per heavy atom. The molecule has 0 aliphatic heterocycles. The molecule has 0 saturated carbocycles. The Balaban J connectivity index is 2.41. The molecule has 1 rings (SSSR count). The molecule has 0 aliphatic rings. The van der Waals surface area contributed by atoms with Crippen molar-refractivity contribution in [1.29, 1.82) is 0 Å². The second-order valence-electron chi connectivity index (χ2n) is 5.11. The summed E-state index contributed by atoms with van der Waals surface area (Å²) in [5.74, 6) is -0.231. The first-order valence-electron chi connectivity index (χ1n) is 7.00. The maximum absolute atomic E-state index is 12.1. The molecule has 0 saturated heterocycles. The normalized spacial score (nSPS) is 11.4. The molecule has 0 aromatic heterocycles. The van der Waals surface area contributed by atoms with Crippen LogP contribution in [0.4, 0.5) is 0 Å². The molecule has 0 atom stereocenters. The molecule has 0 unspecified atom stereocenters. The Morgan fingerprint density at radius 2 is 1.71 bits per heavy atom. The third kappa shape index (κ3) is 6.27. The Morgan fingerprint density at radius 3 is 2.29 bits per heavy atom. The van der Waals surface area contributed by atoms with Crippen LogP contribution in [0.25, 0.3) is 0 Å². The van der Waals surface area contributed by atoms with Gasteiger partial charge in [0.25, 0.3) is 0 Å². The molecule has 0 radical (unpaired) electrons. The van der Waals surface area contributed by atoms with E-state index in [1.165, 1.54) is 7.11 Å². The maximum Gasteiger partial charge on any atom is 0.305 e. The molecule has 1 aromatic carbocycles. The van der Waals surface area contributed by atoms with E-state index >= 15 is 0 Å². The van der Waals surface area contributed by atoms with E-state index in [1.54, 1.807) is 12.1 Å². The predicted molar refractivity (Wildman–Crippen MR) is 81.6 cm³/mol. The summed E-state index contributed by atoms with van der Waals surface area (Å²) in [6.07, 6.45) is 2.56. The number of rotatable bonds is 8. The summed E-state index contributed by atoms with van der Waals surface area (Å²) >= 11 is 0. The first kappa shape index (κ1) is 17.7. The van der Waals surface area contributed by atoms with Crippen molar-refractivity contribution in [2.75, 3.05) is 13.7 Å². The van der Waals surface area contributed by atoms with Crippen LogP contribution in [-0.4, -0.2) is 28.0 Å². The van der Waals surface area contributed by atoms with Crippen LogP contribution in [0.5, 0.6) is 0 Å². The van der Waals surface area contributed by atoms with E-state index in [0.29, 0.717) is 30.7 Å². The number of ether oxygens (including phenoxy) is 1. The van der Waals surface area contributed by atoms with Gasteiger partial charge >= 0.3 is 5.97 Å². The minimum atomic E-state index is -3.46. The summed E-state index contributed by atoms with van der Waals surface area (Å²) in [5, 5.41) is 0. The van der Waals surface area contributed by atoms with Crippen molar-refractivity contribution in [3.05, 3.63) is 29.3 Å². The third-order valence-electron chi connectivity index (χ3n) is 3.08. The van der Waals surface area contributed by atoms with Gasteiger partial charge in [0.05, 0.1) is 12.0 Å². The highest BCUT2D eigenvalue weighted by atomic mass is 32.2. The van der Waals surface area contributed by atoms with Gasteiger partial charge in [0.2, 0.25) is 10.0 Å². The second kappa shape index (κ2) is 8.14. The van der Waals surface area contributed by atoms with Gasteiger partial charge in [-0.05, 0) is 49.9 Å². The highest BCUT2D eigenvalue weighted by Crippen LogP contribution is 2.14. The SMILES string of the molecule is COC(=O)CCCCCNS(=O)(=O)c1cc(C)cc(C)c1. The number of nitrogens with one attached hydrogen (secondary N) is 1. The van der Waals surface area contributed by atoms with Crippen LogP contribution in [0.2, 0.25) is 0 Å². The van der Waals surface area contributed by atoms with Gasteiger partial charge in [-0.2, -0.15) is 0 Å². The van der Waals surface area contributed by atoms with Gasteiger partial charge in [0, 0.05) is 13.0 Å². The fourth-order valence-electron chi connectivity index (χ4n) is 2.05. The quantitative estimate of drug-likeness (QED) is 0.590. The van der Waals surface area contributed by atoms with Gasteiger partial charge in [0.15, 0.2) is 0 Å². The lowest BCUT2D eigenvalue weighted by molar-refractivity contribution is -0.140. The van der Waals surface area contributed by atoms with Crippen molar-refractivity contribution in [3.63, 3.8) is 0 Å². The molecular weight excluding hydrogens is 290 g/mol. The zero-order valence-corrected chi connectivity index (χ0v) is 13.6. The molecular formula is C15H23NO4S. The molecule has 6 heteroatoms. The third-order valence-corrected chi connectivity index (χ3v) is 4.52. The molecule has 0 bridgehead atoms. The van der Waals surface area contributed by atoms with Gasteiger partial charge in [-0.15, -0.1) is 0 Å². The first-order valence-corrected chi connectivity index (χ1v) is 8.48. The average molecular weight is 313 g/mol. The van der Waals surface area contributed by atoms with Crippen LogP contribution < -0.4 is 4.72 Å². The molecule has 0 heterocycles. The second-order valence-corrected chi connectivity index (χ2v) is 6.87. The monoisotopic (exact) mass is 313 g/mol. The van der Waals surface area contributed by atoms with Crippen LogP contribution in [-0.2, 0) is 19.6 Å². The largest absolute Gasteiger partial charge is 0.469 e. The molecule has 0 fully saturated rings. The van der Waals surface area contributed by atoms with E-state index in [9.17, 15) is 13.2 Å². The van der Waals surface area contributed by atoms with Crippen molar-refractivity contribution in [3.8, 4) is 0 Å². The summed E-state index contributed by atoms with van der Waals surface area (Å²) < 4.78 is 31.4. The minimum Gasteiger partial charge on any atom is -0.469 e. The Hall–Kier alpha value is -1.40. The molecule has 1 aromatic rings. The Kier molecular flexibility index (Phi) is 6.84. The molecule has 0 amide bonds. The van der Waals surface area contributed by atoms with E-state index in [1.807, 2.05) is 19.9 Å². The Labute approximate surface area is 126 Å². The van der Waals surface area contributed by atoms with Crippen molar-refractivity contribution in [2.45, 2.75) is 44.4 Å². The number of hydrogen-bond donors (Lipinski definition) is 1. The number of sulfonamides is 1. The number of hydrogen-bond acceptors (Lipinski definition) is 4. The average Bonchev–Trinajstić information content (AvgIpc) is 2.41. The number of benzene rings is 1. The lowest BCUT2D eigenvalue weighted by atomic mass is 10.2. The lowest BCUT2D eigenvalue weighted by Crippen LogP contribution is -2.25. The maximum atomic E-state index is 12.1. The summed E-state index contributed by atoms with van der Waals surface area (Å²) in [4.78, 5) is 11.2. The zero-order chi connectivity index (χ0) is 15.9. The first-order chi connectivity index (χ1) is 9.85. The van der Waals surface area contributed by atoms with Crippen LogP contribution in [0.1, 0.15) is 36.8 Å². The summed E-state index contributed by atoms with van der Waals surface area (Å²) in [5.41, 5.74) is 1.85. The van der Waals surface area contributed by atoms with E-state index in [2.05, 4.69) is 9.46 Å². The standard InChI is InChI=1S/C15H23NO4S/c1-12-9-13(2)11-14(10-12)21(18,19)16-8-6-4-5-7-15(17)20-3/h9-11,16H,4-8H2,1-3H3. The van der Waals surface area contributed by atoms with Gasteiger partial charge < -0.3 is 4.74 Å². The highest BCUT2D eigenvalue weighted by molar-refractivity contribution is 7.89. The van der Waals surface area contributed by atoms with Crippen LogP contribution in [0, 0.1) is 13.8 Å². The van der Waals surface area contributed by atoms with Gasteiger partial charge in [-0.25, -0.2) is 13.1 Å². The fourth-order valence-corrected chi connectivity index (χ4v) is 3.31. The van der Waals surface area contributed by atoms with E-state index in [4.69, 9.17) is 0 Å².